The third kappa shape index (κ3) is 4.08. The van der Waals surface area contributed by atoms with Gasteiger partial charge in [-0.05, 0) is 19.1 Å². The Morgan fingerprint density at radius 2 is 2.21 bits per heavy atom. The molecule has 0 radical (unpaired) electrons. The van der Waals surface area contributed by atoms with E-state index in [1.165, 1.54) is 4.68 Å². The zero-order valence-electron chi connectivity index (χ0n) is 13.0. The number of aliphatic hydroxyl groups excluding tert-OH is 1. The quantitative estimate of drug-likeness (QED) is 0.570. The summed E-state index contributed by atoms with van der Waals surface area (Å²) >= 11 is 11.9. The third-order valence-electron chi connectivity index (χ3n) is 3.23. The molecule has 0 saturated heterocycles. The Balaban J connectivity index is 1.96. The van der Waals surface area contributed by atoms with E-state index in [-0.39, 0.29) is 29.7 Å². The topological polar surface area (TPSA) is 102 Å². The van der Waals surface area contributed by atoms with Crippen LogP contribution in [0.15, 0.2) is 18.2 Å². The fourth-order valence-electron chi connectivity index (χ4n) is 2.12. The molecule has 0 amide bonds. The van der Waals surface area contributed by atoms with Crippen LogP contribution in [-0.2, 0) is 7.05 Å². The first-order valence-corrected chi connectivity index (χ1v) is 7.73. The minimum absolute atomic E-state index is 0.0397. The molecule has 0 bridgehead atoms. The highest BCUT2D eigenvalue weighted by Gasteiger charge is 2.24. The van der Waals surface area contributed by atoms with Gasteiger partial charge in [-0.2, -0.15) is 5.10 Å². The first-order valence-electron chi connectivity index (χ1n) is 6.98. The molecule has 1 atom stereocenters. The van der Waals surface area contributed by atoms with Gasteiger partial charge >= 0.3 is 5.69 Å². The summed E-state index contributed by atoms with van der Waals surface area (Å²) in [6.45, 7) is 1.53. The van der Waals surface area contributed by atoms with Crippen LogP contribution in [0, 0.1) is 17.0 Å². The number of hydrogen-bond acceptors (Lipinski definition) is 6. The molecule has 0 unspecified atom stereocenters. The summed E-state index contributed by atoms with van der Waals surface area (Å²) in [5.74, 6) is 0.572. The van der Waals surface area contributed by atoms with Crippen LogP contribution >= 0.6 is 23.2 Å². The van der Waals surface area contributed by atoms with Gasteiger partial charge in [-0.15, -0.1) is 0 Å². The number of hydrogen-bond donors (Lipinski definition) is 2. The minimum Gasteiger partial charge on any atom is -0.489 e. The number of aromatic nitrogens is 2. The molecular weight excluding hydrogens is 359 g/mol. The van der Waals surface area contributed by atoms with Crippen molar-refractivity contribution in [3.8, 4) is 5.75 Å². The van der Waals surface area contributed by atoms with Crippen molar-refractivity contribution < 1.29 is 14.8 Å². The fourth-order valence-corrected chi connectivity index (χ4v) is 2.46. The number of aryl methyl sites for hydroxylation is 2. The van der Waals surface area contributed by atoms with Crippen LogP contribution in [0.1, 0.15) is 5.69 Å². The van der Waals surface area contributed by atoms with Gasteiger partial charge in [-0.25, -0.2) is 4.68 Å². The Morgan fingerprint density at radius 1 is 1.50 bits per heavy atom. The van der Waals surface area contributed by atoms with E-state index >= 15 is 0 Å². The number of nitrogens with one attached hydrogen (secondary N) is 1. The second-order valence-corrected chi connectivity index (χ2v) is 5.85. The van der Waals surface area contributed by atoms with Crippen molar-refractivity contribution in [2.24, 2.45) is 7.05 Å². The predicted molar refractivity (Wildman–Crippen MR) is 91.1 cm³/mol. The fraction of sp³-hybridized carbons (Fsp3) is 0.357. The SMILES string of the molecule is Cc1nn(C)c(NC[C@@H](O)COc2cccc(Cl)c2Cl)c1[N+](=O)[O-]. The molecule has 2 rings (SSSR count). The van der Waals surface area contributed by atoms with Gasteiger partial charge < -0.3 is 15.2 Å². The number of rotatable bonds is 7. The Labute approximate surface area is 148 Å². The highest BCUT2D eigenvalue weighted by molar-refractivity contribution is 6.42. The second-order valence-electron chi connectivity index (χ2n) is 5.06. The van der Waals surface area contributed by atoms with Crippen LogP contribution < -0.4 is 10.1 Å². The van der Waals surface area contributed by atoms with Crippen LogP contribution in [0.4, 0.5) is 11.5 Å². The van der Waals surface area contributed by atoms with Gasteiger partial charge in [0.2, 0.25) is 5.82 Å². The molecule has 0 aliphatic carbocycles. The molecule has 0 aliphatic heterocycles. The van der Waals surface area contributed by atoms with E-state index < -0.39 is 11.0 Å². The summed E-state index contributed by atoms with van der Waals surface area (Å²) < 4.78 is 6.77. The summed E-state index contributed by atoms with van der Waals surface area (Å²) in [7, 11) is 1.58. The average molecular weight is 375 g/mol. The van der Waals surface area contributed by atoms with Crippen LogP contribution in [0.3, 0.4) is 0 Å². The summed E-state index contributed by atoms with van der Waals surface area (Å²) in [5.41, 5.74) is 0.171. The standard InChI is InChI=1S/C14H16Cl2N4O4/c1-8-13(20(22)23)14(19(2)18-8)17-6-9(21)7-24-11-5-3-4-10(15)12(11)16/h3-5,9,17,21H,6-7H2,1-2H3/t9-/m1/s1. The number of benzene rings is 1. The highest BCUT2D eigenvalue weighted by Crippen LogP contribution is 2.31. The van der Waals surface area contributed by atoms with E-state index in [4.69, 9.17) is 27.9 Å². The van der Waals surface area contributed by atoms with Gasteiger partial charge in [0, 0.05) is 13.6 Å². The van der Waals surface area contributed by atoms with Crippen molar-refractivity contribution in [3.05, 3.63) is 44.1 Å². The van der Waals surface area contributed by atoms with Crippen molar-refractivity contribution in [2.45, 2.75) is 13.0 Å². The van der Waals surface area contributed by atoms with E-state index in [1.807, 2.05) is 0 Å². The number of anilines is 1. The Bertz CT molecular complexity index is 751. The van der Waals surface area contributed by atoms with E-state index in [0.717, 1.165) is 0 Å². The van der Waals surface area contributed by atoms with Crippen molar-refractivity contribution in [3.63, 3.8) is 0 Å². The van der Waals surface area contributed by atoms with Crippen molar-refractivity contribution >= 4 is 34.7 Å². The predicted octanol–water partition coefficient (Wildman–Crippen LogP) is 2.80. The molecule has 0 aliphatic rings. The second kappa shape index (κ2) is 7.69. The van der Waals surface area contributed by atoms with Crippen LogP contribution in [0.25, 0.3) is 0 Å². The maximum absolute atomic E-state index is 11.1. The first kappa shape index (κ1) is 18.3. The highest BCUT2D eigenvalue weighted by atomic mass is 35.5. The largest absolute Gasteiger partial charge is 0.489 e. The van der Waals surface area contributed by atoms with E-state index in [1.54, 1.807) is 32.2 Å². The Hall–Kier alpha value is -2.03. The smallest absolute Gasteiger partial charge is 0.333 e. The molecule has 1 aromatic heterocycles. The maximum Gasteiger partial charge on any atom is 0.333 e. The molecular formula is C14H16Cl2N4O4. The lowest BCUT2D eigenvalue weighted by molar-refractivity contribution is -0.384. The summed E-state index contributed by atoms with van der Waals surface area (Å²) in [6.07, 6.45) is -0.921. The van der Waals surface area contributed by atoms with E-state index in [2.05, 4.69) is 10.4 Å². The molecule has 1 heterocycles. The average Bonchev–Trinajstić information content (AvgIpc) is 2.80. The molecule has 8 nitrogen and oxygen atoms in total. The summed E-state index contributed by atoms with van der Waals surface area (Å²) in [5, 5.41) is 28.5. The molecule has 10 heteroatoms. The van der Waals surface area contributed by atoms with Crippen LogP contribution in [0.5, 0.6) is 5.75 Å². The Morgan fingerprint density at radius 3 is 2.88 bits per heavy atom. The normalized spacial score (nSPS) is 12.0. The maximum atomic E-state index is 11.1. The Kier molecular flexibility index (Phi) is 5.87. The molecule has 2 N–H and O–H groups in total. The monoisotopic (exact) mass is 374 g/mol. The molecule has 24 heavy (non-hydrogen) atoms. The number of nitrogens with zero attached hydrogens (tertiary/aromatic N) is 3. The number of halogens is 2. The minimum atomic E-state index is -0.921. The number of nitro groups is 1. The number of aliphatic hydroxyl groups is 1. The van der Waals surface area contributed by atoms with Gasteiger partial charge in [0.25, 0.3) is 0 Å². The van der Waals surface area contributed by atoms with E-state index in [0.29, 0.717) is 16.5 Å². The molecule has 130 valence electrons. The van der Waals surface area contributed by atoms with Gasteiger partial charge in [-0.1, -0.05) is 29.3 Å². The lowest BCUT2D eigenvalue weighted by atomic mass is 10.3. The zero-order valence-corrected chi connectivity index (χ0v) is 14.5. The molecule has 0 saturated carbocycles. The van der Waals surface area contributed by atoms with Gasteiger partial charge in [-0.3, -0.25) is 10.1 Å². The zero-order chi connectivity index (χ0) is 17.9. The van der Waals surface area contributed by atoms with Crippen molar-refractivity contribution in [1.82, 2.24) is 9.78 Å². The first-order chi connectivity index (χ1) is 11.3. The van der Waals surface area contributed by atoms with Crippen molar-refractivity contribution in [2.75, 3.05) is 18.5 Å². The summed E-state index contributed by atoms with van der Waals surface area (Å²) in [6, 6.07) is 4.93. The van der Waals surface area contributed by atoms with E-state index in [9.17, 15) is 15.2 Å². The van der Waals surface area contributed by atoms with Crippen LogP contribution in [-0.4, -0.2) is 39.1 Å². The lowest BCUT2D eigenvalue weighted by Crippen LogP contribution is -2.27. The molecule has 0 spiro atoms. The number of ether oxygens (including phenoxy) is 1. The summed E-state index contributed by atoms with van der Waals surface area (Å²) in [4.78, 5) is 10.6. The molecule has 0 fully saturated rings. The molecule has 1 aromatic carbocycles. The molecule has 2 aromatic rings. The van der Waals surface area contributed by atoms with Crippen LogP contribution in [0.2, 0.25) is 10.0 Å². The van der Waals surface area contributed by atoms with Gasteiger partial charge in [0.1, 0.15) is 29.2 Å². The van der Waals surface area contributed by atoms with Gasteiger partial charge in [0.15, 0.2) is 0 Å². The van der Waals surface area contributed by atoms with Gasteiger partial charge in [0.05, 0.1) is 9.95 Å². The third-order valence-corrected chi connectivity index (χ3v) is 4.03. The van der Waals surface area contributed by atoms with Crippen molar-refractivity contribution in [1.29, 1.82) is 0 Å². The lowest BCUT2D eigenvalue weighted by Gasteiger charge is -2.14.